The van der Waals surface area contributed by atoms with Gasteiger partial charge in [-0.15, -0.1) is 22.7 Å². The Kier molecular flexibility index (Phi) is 22.8. The van der Waals surface area contributed by atoms with Crippen molar-refractivity contribution in [3.63, 3.8) is 0 Å². The Bertz CT molecular complexity index is 3310. The number of benzene rings is 4. The summed E-state index contributed by atoms with van der Waals surface area (Å²) < 4.78 is 36.2. The van der Waals surface area contributed by atoms with Crippen LogP contribution in [0.1, 0.15) is 292 Å². The molecule has 0 bridgehead atoms. The lowest BCUT2D eigenvalue weighted by Crippen LogP contribution is -2.27. The van der Waals surface area contributed by atoms with Gasteiger partial charge < -0.3 is 9.47 Å². The van der Waals surface area contributed by atoms with Crippen molar-refractivity contribution in [3.8, 4) is 44.2 Å². The number of hydrogen-bond acceptors (Lipinski definition) is 10. The topological polar surface area (TPSA) is 70.0 Å². The Balaban J connectivity index is 1.16. The first-order chi connectivity index (χ1) is 41.3. The molecule has 4 heterocycles. The Morgan fingerprint density at radius 2 is 0.702 bits per heavy atom. The summed E-state index contributed by atoms with van der Waals surface area (Å²) in [6.45, 7) is 13.8. The number of ether oxygens (including phenoxy) is 2. The van der Waals surface area contributed by atoms with Gasteiger partial charge in [-0.1, -0.05) is 239 Å². The number of thiophene rings is 2. The lowest BCUT2D eigenvalue weighted by molar-refractivity contribution is 0.394. The lowest BCUT2D eigenvalue weighted by Gasteiger charge is -2.35. The normalized spacial score (nSPS) is 14.0. The highest BCUT2D eigenvalue weighted by Gasteiger charge is 2.50. The van der Waals surface area contributed by atoms with Crippen LogP contribution < -0.4 is 9.47 Å². The van der Waals surface area contributed by atoms with E-state index in [2.05, 4.69) is 77.9 Å². The van der Waals surface area contributed by atoms with Gasteiger partial charge in [-0.3, -0.25) is 0 Å². The molecule has 84 heavy (non-hydrogen) atoms. The number of hydrogen-bond donors (Lipinski definition) is 0. The minimum atomic E-state index is -0.187. The van der Waals surface area contributed by atoms with Gasteiger partial charge in [0, 0.05) is 48.0 Å². The third-order valence-corrected chi connectivity index (χ3v) is 23.3. The molecule has 4 aromatic heterocycles. The number of aryl methyl sites for hydroxylation is 2. The second-order valence-electron chi connectivity index (χ2n) is 25.9. The molecule has 0 fully saturated rings. The molecule has 2 aliphatic rings. The second kappa shape index (κ2) is 30.3. The molecule has 6 nitrogen and oxygen atoms in total. The summed E-state index contributed by atoms with van der Waals surface area (Å²) in [5.41, 5.74) is 18.3. The van der Waals surface area contributed by atoms with Crippen LogP contribution in [0.15, 0.2) is 36.4 Å². The number of methoxy groups -OCH3 is 2. The zero-order valence-corrected chi connectivity index (χ0v) is 56.4. The first-order valence-corrected chi connectivity index (χ1v) is 37.2. The van der Waals surface area contributed by atoms with E-state index < -0.39 is 0 Å². The average Bonchev–Trinajstić information content (AvgIpc) is 4.30. The quantitative estimate of drug-likeness (QED) is 0.0358. The summed E-state index contributed by atoms with van der Waals surface area (Å²) in [4.78, 5) is 2.47. The third kappa shape index (κ3) is 13.1. The maximum Gasteiger partial charge on any atom is 0.145 e. The summed E-state index contributed by atoms with van der Waals surface area (Å²) in [5, 5.41) is 2.25. The fourth-order valence-corrected chi connectivity index (χ4v) is 19.0. The highest BCUT2D eigenvalue weighted by Crippen LogP contribution is 2.64. The maximum atomic E-state index is 6.35. The van der Waals surface area contributed by atoms with Crippen molar-refractivity contribution in [2.24, 2.45) is 0 Å². The molecular formula is C74H102N4O2S4. The van der Waals surface area contributed by atoms with Gasteiger partial charge >= 0.3 is 0 Å². The van der Waals surface area contributed by atoms with E-state index in [9.17, 15) is 0 Å². The van der Waals surface area contributed by atoms with Crippen molar-refractivity contribution < 1.29 is 9.47 Å². The summed E-state index contributed by atoms with van der Waals surface area (Å²) in [6, 6.07) is 15.5. The molecule has 2 aliphatic carbocycles. The van der Waals surface area contributed by atoms with Gasteiger partial charge in [0.1, 0.15) is 33.6 Å². The van der Waals surface area contributed by atoms with Gasteiger partial charge in [0.2, 0.25) is 0 Å². The summed E-state index contributed by atoms with van der Waals surface area (Å²) in [7, 11) is 3.67. The monoisotopic (exact) mass is 1210 g/mol. The molecule has 0 amide bonds. The van der Waals surface area contributed by atoms with E-state index in [1.54, 1.807) is 28.0 Å². The van der Waals surface area contributed by atoms with Crippen LogP contribution in [0, 0.1) is 13.8 Å². The van der Waals surface area contributed by atoms with Gasteiger partial charge in [-0.25, -0.2) is 0 Å². The number of rotatable bonds is 39. The number of fused-ring (bicyclic) bond motifs is 12. The molecule has 4 aromatic carbocycles. The molecule has 0 spiro atoms. The fraction of sp³-hybridized carbons (Fsp3) is 0.622. The molecule has 8 aromatic rings. The summed E-state index contributed by atoms with van der Waals surface area (Å²) >= 11 is 6.44. The van der Waals surface area contributed by atoms with Crippen molar-refractivity contribution >= 4 is 88.4 Å². The maximum absolute atomic E-state index is 6.35. The highest BCUT2D eigenvalue weighted by atomic mass is 32.1. The molecule has 0 N–H and O–H groups in total. The van der Waals surface area contributed by atoms with Crippen LogP contribution in [0.25, 0.3) is 74.9 Å². The average molecular weight is 1210 g/mol. The molecule has 0 unspecified atom stereocenters. The van der Waals surface area contributed by atoms with Crippen molar-refractivity contribution in [3.05, 3.63) is 69.1 Å². The predicted molar refractivity (Wildman–Crippen MR) is 369 cm³/mol. The summed E-state index contributed by atoms with van der Waals surface area (Å²) in [5.74, 6) is 1.89. The smallest absolute Gasteiger partial charge is 0.145 e. The Morgan fingerprint density at radius 3 is 1.13 bits per heavy atom. The second-order valence-corrected chi connectivity index (χ2v) is 29.3. The molecule has 0 atom stereocenters. The Hall–Kier alpha value is -3.96. The van der Waals surface area contributed by atoms with Gasteiger partial charge in [0.15, 0.2) is 0 Å². The van der Waals surface area contributed by atoms with Crippen molar-refractivity contribution in [2.45, 2.75) is 284 Å². The van der Waals surface area contributed by atoms with Crippen LogP contribution in [0.4, 0.5) is 0 Å². The first kappa shape index (κ1) is 63.1. The van der Waals surface area contributed by atoms with Crippen LogP contribution in [-0.4, -0.2) is 31.7 Å². The molecule has 454 valence electrons. The van der Waals surface area contributed by atoms with E-state index >= 15 is 0 Å². The van der Waals surface area contributed by atoms with Gasteiger partial charge in [-0.05, 0) is 109 Å². The minimum Gasteiger partial charge on any atom is -0.495 e. The predicted octanol–water partition coefficient (Wildman–Crippen LogP) is 25.1. The SMILES string of the molecule is CCCCCCCCCCC1(CCCCCCCCCC)c2cc3c(cc2-c2c1cc(C)c1nsnc21)C(CCCCCCCCCC)(CCCCCCCCCC)c1cc(-c2cc4c(OC)c5sc(C)cc5c(OC)c4s2)c2nsnc2c1-3. The highest BCUT2D eigenvalue weighted by molar-refractivity contribution is 7.23. The van der Waals surface area contributed by atoms with Crippen LogP contribution >= 0.6 is 46.1 Å². The molecular weight excluding hydrogens is 1110 g/mol. The van der Waals surface area contributed by atoms with E-state index in [1.165, 1.54) is 290 Å². The van der Waals surface area contributed by atoms with Gasteiger partial charge in [0.05, 0.1) is 47.1 Å². The Labute approximate surface area is 522 Å². The standard InChI is InChI=1S/C74H102N4O2S4/c1-9-13-17-21-25-29-33-37-41-73(42-38-34-30-26-22-18-14-10-2)58-48-54-59(47-53(58)63-60(73)45-51(5)65-67(63)77-83-75-65)74(43-39-35-31-27-23-19-15-11-3,44-40-36-32-28-24-20-16-12-4)61-49-55(66-68(64(54)61)78-84-76-66)62-50-57-70(80-8)71-56(46-52(6)81-71)69(79-7)72(57)82-62/h45-50H,9-44H2,1-8H3. The molecule has 0 aliphatic heterocycles. The molecule has 0 radical (unpaired) electrons. The minimum absolute atomic E-state index is 0.103. The van der Waals surface area contributed by atoms with Gasteiger partial charge in [-0.2, -0.15) is 17.5 Å². The van der Waals surface area contributed by atoms with Crippen LogP contribution in [0.3, 0.4) is 0 Å². The zero-order valence-electron chi connectivity index (χ0n) is 53.2. The largest absolute Gasteiger partial charge is 0.495 e. The van der Waals surface area contributed by atoms with Crippen LogP contribution in [-0.2, 0) is 10.8 Å². The Morgan fingerprint density at radius 1 is 0.357 bits per heavy atom. The first-order valence-electron chi connectivity index (χ1n) is 34.1. The zero-order chi connectivity index (χ0) is 58.5. The molecule has 0 saturated heterocycles. The fourth-order valence-electron chi connectivity index (χ4n) is 15.6. The number of aromatic nitrogens is 4. The number of nitrogens with zero attached hydrogens (tertiary/aromatic N) is 4. The van der Waals surface area contributed by atoms with E-state index in [4.69, 9.17) is 27.0 Å². The molecule has 10 heteroatoms. The van der Waals surface area contributed by atoms with E-state index in [1.807, 2.05) is 25.6 Å². The van der Waals surface area contributed by atoms with Crippen molar-refractivity contribution in [1.82, 2.24) is 17.5 Å². The van der Waals surface area contributed by atoms with Crippen LogP contribution in [0.2, 0.25) is 0 Å². The third-order valence-electron chi connectivity index (χ3n) is 20.0. The summed E-state index contributed by atoms with van der Waals surface area (Å²) in [6.07, 6.45) is 46.9. The molecule has 0 saturated carbocycles. The van der Waals surface area contributed by atoms with Gasteiger partial charge in [0.25, 0.3) is 0 Å². The number of unbranched alkanes of at least 4 members (excludes halogenated alkanes) is 28. The lowest BCUT2D eigenvalue weighted by atomic mass is 9.68. The van der Waals surface area contributed by atoms with Crippen molar-refractivity contribution in [2.75, 3.05) is 14.2 Å². The van der Waals surface area contributed by atoms with E-state index in [0.29, 0.717) is 0 Å². The van der Waals surface area contributed by atoms with E-state index in [0.717, 1.165) is 66.6 Å². The van der Waals surface area contributed by atoms with Crippen LogP contribution in [0.5, 0.6) is 11.5 Å². The van der Waals surface area contributed by atoms with E-state index in [-0.39, 0.29) is 10.8 Å². The molecule has 10 rings (SSSR count). The van der Waals surface area contributed by atoms with Crippen molar-refractivity contribution in [1.29, 1.82) is 0 Å².